The molecule has 20 heavy (non-hydrogen) atoms. The second-order valence-corrected chi connectivity index (χ2v) is 6.26. The van der Waals surface area contributed by atoms with Gasteiger partial charge in [0, 0.05) is 12.6 Å². The number of hydrogen-bond donors (Lipinski definition) is 2. The van der Waals surface area contributed by atoms with Gasteiger partial charge >= 0.3 is 0 Å². The second kappa shape index (κ2) is 6.70. The van der Waals surface area contributed by atoms with Crippen LogP contribution in [-0.2, 0) is 11.3 Å². The Hall–Kier alpha value is -0.900. The van der Waals surface area contributed by atoms with Crippen LogP contribution in [0, 0.1) is 11.8 Å². The Balaban J connectivity index is 1.31. The van der Waals surface area contributed by atoms with Gasteiger partial charge in [0.1, 0.15) is 0 Å². The van der Waals surface area contributed by atoms with Crippen molar-refractivity contribution in [2.75, 3.05) is 13.2 Å². The van der Waals surface area contributed by atoms with Gasteiger partial charge in [0.25, 0.3) is 0 Å². The molecule has 0 radical (unpaired) electrons. The Kier molecular flexibility index (Phi) is 4.71. The SMILES string of the molecule is OC(CNC(C1CC1)C1CC1)COCc1ccccc1. The maximum atomic E-state index is 9.99. The minimum absolute atomic E-state index is 0.404. The second-order valence-electron chi connectivity index (χ2n) is 6.26. The lowest BCUT2D eigenvalue weighted by molar-refractivity contribution is 0.0269. The van der Waals surface area contributed by atoms with Gasteiger partial charge in [-0.2, -0.15) is 0 Å². The number of aliphatic hydroxyl groups is 1. The molecule has 2 aliphatic carbocycles. The molecular formula is C17H25NO2. The molecule has 1 aromatic carbocycles. The largest absolute Gasteiger partial charge is 0.389 e. The molecule has 1 atom stereocenters. The van der Waals surface area contributed by atoms with Gasteiger partial charge in [-0.05, 0) is 43.1 Å². The fraction of sp³-hybridized carbons (Fsp3) is 0.647. The Bertz CT molecular complexity index is 389. The van der Waals surface area contributed by atoms with Crippen LogP contribution in [-0.4, -0.2) is 30.4 Å². The molecule has 2 fully saturated rings. The van der Waals surface area contributed by atoms with Gasteiger partial charge in [-0.15, -0.1) is 0 Å². The molecule has 2 aliphatic rings. The minimum atomic E-state index is -0.404. The quantitative estimate of drug-likeness (QED) is 0.727. The van der Waals surface area contributed by atoms with E-state index in [1.54, 1.807) is 0 Å². The van der Waals surface area contributed by atoms with E-state index in [9.17, 15) is 5.11 Å². The lowest BCUT2D eigenvalue weighted by Crippen LogP contribution is -2.40. The number of nitrogens with one attached hydrogen (secondary N) is 1. The summed E-state index contributed by atoms with van der Waals surface area (Å²) >= 11 is 0. The van der Waals surface area contributed by atoms with Crippen LogP contribution < -0.4 is 5.32 Å². The zero-order valence-corrected chi connectivity index (χ0v) is 12.0. The van der Waals surface area contributed by atoms with E-state index in [0.717, 1.165) is 17.4 Å². The van der Waals surface area contributed by atoms with E-state index in [-0.39, 0.29) is 0 Å². The molecule has 3 heteroatoms. The molecule has 0 saturated heterocycles. The molecule has 0 bridgehead atoms. The van der Waals surface area contributed by atoms with Crippen LogP contribution in [0.4, 0.5) is 0 Å². The van der Waals surface area contributed by atoms with E-state index in [0.29, 0.717) is 25.8 Å². The topological polar surface area (TPSA) is 41.5 Å². The monoisotopic (exact) mass is 275 g/mol. The average molecular weight is 275 g/mol. The summed E-state index contributed by atoms with van der Waals surface area (Å²) in [6, 6.07) is 10.7. The molecule has 0 aromatic heterocycles. The molecule has 1 unspecified atom stereocenters. The van der Waals surface area contributed by atoms with Crippen molar-refractivity contribution in [2.24, 2.45) is 11.8 Å². The highest BCUT2D eigenvalue weighted by Crippen LogP contribution is 2.44. The van der Waals surface area contributed by atoms with Crippen LogP contribution in [0.15, 0.2) is 30.3 Å². The van der Waals surface area contributed by atoms with Gasteiger partial charge in [-0.3, -0.25) is 0 Å². The molecule has 0 heterocycles. The van der Waals surface area contributed by atoms with Crippen LogP contribution in [0.3, 0.4) is 0 Å². The van der Waals surface area contributed by atoms with Crippen LogP contribution >= 0.6 is 0 Å². The number of ether oxygens (including phenoxy) is 1. The number of hydrogen-bond acceptors (Lipinski definition) is 3. The molecule has 2 N–H and O–H groups in total. The van der Waals surface area contributed by atoms with Gasteiger partial charge in [-0.1, -0.05) is 30.3 Å². The van der Waals surface area contributed by atoms with E-state index in [4.69, 9.17) is 4.74 Å². The molecule has 0 amide bonds. The first-order chi connectivity index (χ1) is 9.83. The van der Waals surface area contributed by atoms with Crippen molar-refractivity contribution in [1.29, 1.82) is 0 Å². The van der Waals surface area contributed by atoms with E-state index in [2.05, 4.69) is 5.32 Å². The molecule has 1 aromatic rings. The number of benzene rings is 1. The lowest BCUT2D eigenvalue weighted by Gasteiger charge is -2.20. The Morgan fingerprint density at radius 2 is 1.75 bits per heavy atom. The molecule has 2 saturated carbocycles. The standard InChI is InChI=1S/C17H25NO2/c19-16(12-20-11-13-4-2-1-3-5-13)10-18-17(14-6-7-14)15-8-9-15/h1-5,14-19H,6-12H2. The van der Waals surface area contributed by atoms with Crippen molar-refractivity contribution in [2.45, 2.75) is 44.4 Å². The Morgan fingerprint density at radius 1 is 1.10 bits per heavy atom. The van der Waals surface area contributed by atoms with Crippen molar-refractivity contribution >= 4 is 0 Å². The highest BCUT2D eigenvalue weighted by atomic mass is 16.5. The summed E-state index contributed by atoms with van der Waals surface area (Å²) in [7, 11) is 0. The van der Waals surface area contributed by atoms with E-state index >= 15 is 0 Å². The molecule has 3 rings (SSSR count). The summed E-state index contributed by atoms with van der Waals surface area (Å²) in [6.07, 6.45) is 5.08. The van der Waals surface area contributed by atoms with Gasteiger partial charge in [0.05, 0.1) is 19.3 Å². The Morgan fingerprint density at radius 3 is 2.35 bits per heavy atom. The van der Waals surface area contributed by atoms with Crippen molar-refractivity contribution < 1.29 is 9.84 Å². The summed E-state index contributed by atoms with van der Waals surface area (Å²) in [6.45, 7) is 1.64. The first-order valence-corrected chi connectivity index (χ1v) is 7.86. The fourth-order valence-electron chi connectivity index (χ4n) is 2.85. The zero-order valence-electron chi connectivity index (χ0n) is 12.0. The molecule has 3 nitrogen and oxygen atoms in total. The fourth-order valence-corrected chi connectivity index (χ4v) is 2.85. The van der Waals surface area contributed by atoms with Crippen LogP contribution in [0.5, 0.6) is 0 Å². The van der Waals surface area contributed by atoms with Gasteiger partial charge in [0.2, 0.25) is 0 Å². The van der Waals surface area contributed by atoms with Crippen molar-refractivity contribution in [1.82, 2.24) is 5.32 Å². The number of aliphatic hydroxyl groups excluding tert-OH is 1. The summed E-state index contributed by atoms with van der Waals surface area (Å²) in [5.74, 6) is 1.75. The highest BCUT2D eigenvalue weighted by molar-refractivity contribution is 5.13. The third-order valence-corrected chi connectivity index (χ3v) is 4.27. The van der Waals surface area contributed by atoms with Crippen molar-refractivity contribution in [3.8, 4) is 0 Å². The van der Waals surface area contributed by atoms with Crippen LogP contribution in [0.1, 0.15) is 31.2 Å². The van der Waals surface area contributed by atoms with E-state index < -0.39 is 6.10 Å². The minimum Gasteiger partial charge on any atom is -0.389 e. The highest BCUT2D eigenvalue weighted by Gasteiger charge is 2.41. The number of rotatable bonds is 9. The Labute approximate surface area is 121 Å². The predicted molar refractivity (Wildman–Crippen MR) is 79.3 cm³/mol. The normalized spacial score (nSPS) is 20.3. The van der Waals surface area contributed by atoms with E-state index in [1.807, 2.05) is 30.3 Å². The van der Waals surface area contributed by atoms with Gasteiger partial charge in [-0.25, -0.2) is 0 Å². The summed E-state index contributed by atoms with van der Waals surface area (Å²) in [5, 5.41) is 13.6. The van der Waals surface area contributed by atoms with Gasteiger partial charge < -0.3 is 15.2 Å². The summed E-state index contributed by atoms with van der Waals surface area (Å²) < 4.78 is 5.58. The van der Waals surface area contributed by atoms with Crippen LogP contribution in [0.2, 0.25) is 0 Å². The molecule has 0 spiro atoms. The molecule has 110 valence electrons. The van der Waals surface area contributed by atoms with Gasteiger partial charge in [0.15, 0.2) is 0 Å². The first-order valence-electron chi connectivity index (χ1n) is 7.86. The van der Waals surface area contributed by atoms with Crippen molar-refractivity contribution in [3.05, 3.63) is 35.9 Å². The average Bonchev–Trinajstić information content (AvgIpc) is 3.34. The molecular weight excluding hydrogens is 250 g/mol. The van der Waals surface area contributed by atoms with E-state index in [1.165, 1.54) is 25.7 Å². The third-order valence-electron chi connectivity index (χ3n) is 4.27. The zero-order chi connectivity index (χ0) is 13.8. The summed E-state index contributed by atoms with van der Waals surface area (Å²) in [4.78, 5) is 0. The maximum Gasteiger partial charge on any atom is 0.0897 e. The lowest BCUT2D eigenvalue weighted by atomic mass is 10.1. The first kappa shape index (κ1) is 14.1. The summed E-state index contributed by atoms with van der Waals surface area (Å²) in [5.41, 5.74) is 1.15. The third kappa shape index (κ3) is 4.30. The molecule has 0 aliphatic heterocycles. The smallest absolute Gasteiger partial charge is 0.0897 e. The van der Waals surface area contributed by atoms with Crippen molar-refractivity contribution in [3.63, 3.8) is 0 Å². The van der Waals surface area contributed by atoms with Crippen LogP contribution in [0.25, 0.3) is 0 Å². The maximum absolute atomic E-state index is 9.99. The predicted octanol–water partition coefficient (Wildman–Crippen LogP) is 2.34.